The van der Waals surface area contributed by atoms with Crippen molar-refractivity contribution >= 4 is 15.6 Å². The van der Waals surface area contributed by atoms with Crippen LogP contribution in [0.25, 0.3) is 0 Å². The molecule has 0 bridgehead atoms. The number of fused-ring (bicyclic) bond motifs is 1. The van der Waals surface area contributed by atoms with Crippen LogP contribution in [0.1, 0.15) is 33.8 Å². The van der Waals surface area contributed by atoms with Crippen LogP contribution in [-0.4, -0.2) is 32.6 Å². The fraction of sp³-hybridized carbons (Fsp3) is 0.294. The van der Waals surface area contributed by atoms with Crippen LogP contribution in [0.4, 0.5) is 4.39 Å². The lowest BCUT2D eigenvalue weighted by molar-refractivity contribution is 0.0944. The van der Waals surface area contributed by atoms with E-state index in [1.54, 1.807) is 6.07 Å². The third-order valence-corrected chi connectivity index (χ3v) is 5.31. The van der Waals surface area contributed by atoms with E-state index < -0.39 is 15.8 Å². The Morgan fingerprint density at radius 1 is 1.33 bits per heavy atom. The van der Waals surface area contributed by atoms with Gasteiger partial charge in [0.2, 0.25) is 5.88 Å². The predicted molar refractivity (Wildman–Crippen MR) is 85.7 cm³/mol. The molecule has 0 fully saturated rings. The van der Waals surface area contributed by atoms with Crippen LogP contribution in [0.15, 0.2) is 35.4 Å². The number of benzene rings is 1. The van der Waals surface area contributed by atoms with Gasteiger partial charge in [-0.1, -0.05) is 12.1 Å². The minimum atomic E-state index is -3.55. The van der Waals surface area contributed by atoms with Gasteiger partial charge in [-0.25, -0.2) is 17.8 Å². The molecule has 1 heterocycles. The van der Waals surface area contributed by atoms with Gasteiger partial charge in [-0.15, -0.1) is 0 Å². The Hall–Kier alpha value is -2.28. The van der Waals surface area contributed by atoms with Crippen LogP contribution in [0.5, 0.6) is 5.88 Å². The minimum absolute atomic E-state index is 0.00375. The molecule has 126 valence electrons. The second-order valence-electron chi connectivity index (χ2n) is 5.77. The molecule has 0 saturated carbocycles. The first-order chi connectivity index (χ1) is 11.3. The molecule has 0 N–H and O–H groups in total. The van der Waals surface area contributed by atoms with Crippen molar-refractivity contribution in [1.82, 2.24) is 4.98 Å². The smallest absolute Gasteiger partial charge is 0.232 e. The monoisotopic (exact) mass is 349 g/mol. The number of carbonyl (C=O) groups excluding carboxylic acids is 1. The molecule has 24 heavy (non-hydrogen) atoms. The summed E-state index contributed by atoms with van der Waals surface area (Å²) in [5.74, 6) is -1.15. The Morgan fingerprint density at radius 3 is 2.75 bits per heavy atom. The number of ether oxygens (including phenoxy) is 1. The number of aromatic nitrogens is 1. The zero-order chi connectivity index (χ0) is 17.5. The number of sulfone groups is 1. The SMILES string of the molecule is COc1ncc(C2CCc3c(F)cccc3C2=O)cc1S(C)(=O)=O. The molecule has 0 spiro atoms. The minimum Gasteiger partial charge on any atom is -0.480 e. The number of hydrogen-bond acceptors (Lipinski definition) is 5. The molecule has 1 aliphatic carbocycles. The number of halogens is 1. The summed E-state index contributed by atoms with van der Waals surface area (Å²) in [7, 11) is -2.22. The first-order valence-corrected chi connectivity index (χ1v) is 9.27. The topological polar surface area (TPSA) is 73.3 Å². The van der Waals surface area contributed by atoms with E-state index in [1.165, 1.54) is 31.5 Å². The highest BCUT2D eigenvalue weighted by Gasteiger charge is 2.31. The fourth-order valence-electron chi connectivity index (χ4n) is 3.03. The van der Waals surface area contributed by atoms with Gasteiger partial charge in [-0.3, -0.25) is 4.79 Å². The number of hydrogen-bond donors (Lipinski definition) is 0. The third kappa shape index (κ3) is 2.80. The fourth-order valence-corrected chi connectivity index (χ4v) is 3.83. The first kappa shape index (κ1) is 16.6. The molecule has 5 nitrogen and oxygen atoms in total. The van der Waals surface area contributed by atoms with E-state index >= 15 is 0 Å². The Labute approximate surface area is 139 Å². The summed E-state index contributed by atoms with van der Waals surface area (Å²) < 4.78 is 42.7. The number of pyridine rings is 1. The van der Waals surface area contributed by atoms with Crippen molar-refractivity contribution < 1.29 is 22.3 Å². The molecule has 2 aromatic rings. The number of nitrogens with zero attached hydrogens (tertiary/aromatic N) is 1. The molecule has 7 heteroatoms. The molecule has 1 aromatic heterocycles. The quantitative estimate of drug-likeness (QED) is 0.851. The lowest BCUT2D eigenvalue weighted by Crippen LogP contribution is -2.22. The van der Waals surface area contributed by atoms with Gasteiger partial charge in [0.05, 0.1) is 7.11 Å². The van der Waals surface area contributed by atoms with Gasteiger partial charge in [0.25, 0.3) is 0 Å². The first-order valence-electron chi connectivity index (χ1n) is 7.38. The Balaban J connectivity index is 2.06. The normalized spacial score (nSPS) is 17.5. The van der Waals surface area contributed by atoms with Crippen molar-refractivity contribution in [2.75, 3.05) is 13.4 Å². The molecule has 0 amide bonds. The van der Waals surface area contributed by atoms with Crippen LogP contribution >= 0.6 is 0 Å². The lowest BCUT2D eigenvalue weighted by atomic mass is 9.79. The molecular formula is C17H16FNO4S. The lowest BCUT2D eigenvalue weighted by Gasteiger charge is -2.24. The number of rotatable bonds is 3. The van der Waals surface area contributed by atoms with Crippen molar-refractivity contribution in [2.24, 2.45) is 0 Å². The van der Waals surface area contributed by atoms with Crippen molar-refractivity contribution in [1.29, 1.82) is 0 Å². The number of carbonyl (C=O) groups is 1. The molecule has 1 atom stereocenters. The summed E-state index contributed by atoms with van der Waals surface area (Å²) in [4.78, 5) is 16.7. The maximum absolute atomic E-state index is 13.8. The second-order valence-corrected chi connectivity index (χ2v) is 7.75. The third-order valence-electron chi connectivity index (χ3n) is 4.22. The van der Waals surface area contributed by atoms with Crippen molar-refractivity contribution in [3.8, 4) is 5.88 Å². The van der Waals surface area contributed by atoms with Crippen LogP contribution < -0.4 is 4.74 Å². The zero-order valence-corrected chi connectivity index (χ0v) is 14.1. The zero-order valence-electron chi connectivity index (χ0n) is 13.2. The molecule has 1 aliphatic rings. The summed E-state index contributed by atoms with van der Waals surface area (Å²) in [6.45, 7) is 0. The molecule has 0 radical (unpaired) electrons. The van der Waals surface area contributed by atoms with Crippen molar-refractivity contribution in [2.45, 2.75) is 23.7 Å². The predicted octanol–water partition coefficient (Wildman–Crippen LogP) is 2.55. The highest BCUT2D eigenvalue weighted by molar-refractivity contribution is 7.90. The van der Waals surface area contributed by atoms with E-state index in [1.807, 2.05) is 0 Å². The van der Waals surface area contributed by atoms with E-state index in [0.29, 0.717) is 29.5 Å². The largest absolute Gasteiger partial charge is 0.480 e. The van der Waals surface area contributed by atoms with Gasteiger partial charge >= 0.3 is 0 Å². The van der Waals surface area contributed by atoms with Crippen molar-refractivity contribution in [3.05, 3.63) is 53.0 Å². The maximum Gasteiger partial charge on any atom is 0.232 e. The average molecular weight is 349 g/mol. The summed E-state index contributed by atoms with van der Waals surface area (Å²) >= 11 is 0. The number of ketones is 1. The van der Waals surface area contributed by atoms with Crippen molar-refractivity contribution in [3.63, 3.8) is 0 Å². The Morgan fingerprint density at radius 2 is 2.08 bits per heavy atom. The van der Waals surface area contributed by atoms with Gasteiger partial charge in [0, 0.05) is 23.9 Å². The van der Waals surface area contributed by atoms with E-state index in [-0.39, 0.29) is 22.4 Å². The molecule has 3 rings (SSSR count). The summed E-state index contributed by atoms with van der Waals surface area (Å²) in [6, 6.07) is 5.86. The molecule has 1 aromatic carbocycles. The van der Waals surface area contributed by atoms with Crippen LogP contribution in [0.2, 0.25) is 0 Å². The average Bonchev–Trinajstić information content (AvgIpc) is 2.55. The number of Topliss-reactive ketones (excluding diaryl/α,β-unsaturated/α-hetero) is 1. The van der Waals surface area contributed by atoms with Crippen LogP contribution in [0, 0.1) is 5.82 Å². The van der Waals surface area contributed by atoms with E-state index in [2.05, 4.69) is 4.98 Å². The highest BCUT2D eigenvalue weighted by Crippen LogP contribution is 2.35. The van der Waals surface area contributed by atoms with Gasteiger partial charge in [0.15, 0.2) is 15.6 Å². The number of methoxy groups -OCH3 is 1. The van der Waals surface area contributed by atoms with Crippen LogP contribution in [0.3, 0.4) is 0 Å². The summed E-state index contributed by atoms with van der Waals surface area (Å²) in [6.07, 6.45) is 3.33. The maximum atomic E-state index is 13.8. The summed E-state index contributed by atoms with van der Waals surface area (Å²) in [5.41, 5.74) is 1.27. The van der Waals surface area contributed by atoms with E-state index in [0.717, 1.165) is 6.26 Å². The standard InChI is InChI=1S/C17H16FNO4S/c1-23-17-15(24(2,21)22)8-10(9-19-17)11-6-7-12-13(16(11)20)4-3-5-14(12)18/h3-5,8-9,11H,6-7H2,1-2H3. The second kappa shape index (κ2) is 5.98. The van der Waals surface area contributed by atoms with Gasteiger partial charge in [-0.2, -0.15) is 0 Å². The summed E-state index contributed by atoms with van der Waals surface area (Å²) in [5, 5.41) is 0. The molecule has 0 saturated heterocycles. The Bertz CT molecular complexity index is 924. The van der Waals surface area contributed by atoms with Gasteiger partial charge in [-0.05, 0) is 36.1 Å². The van der Waals surface area contributed by atoms with Gasteiger partial charge in [0.1, 0.15) is 10.7 Å². The van der Waals surface area contributed by atoms with E-state index in [4.69, 9.17) is 4.74 Å². The highest BCUT2D eigenvalue weighted by atomic mass is 32.2. The van der Waals surface area contributed by atoms with E-state index in [9.17, 15) is 17.6 Å². The van der Waals surface area contributed by atoms with Crippen LogP contribution in [-0.2, 0) is 16.3 Å². The molecular weight excluding hydrogens is 333 g/mol. The molecule has 1 unspecified atom stereocenters. The Kier molecular flexibility index (Phi) is 4.13. The molecule has 0 aliphatic heterocycles. The van der Waals surface area contributed by atoms with Gasteiger partial charge < -0.3 is 4.74 Å².